The van der Waals surface area contributed by atoms with Crippen LogP contribution in [-0.2, 0) is 11.2 Å². The lowest BCUT2D eigenvalue weighted by Gasteiger charge is -2.22. The van der Waals surface area contributed by atoms with Gasteiger partial charge in [0.25, 0.3) is 0 Å². The molecule has 0 aromatic heterocycles. The van der Waals surface area contributed by atoms with E-state index < -0.39 is 0 Å². The van der Waals surface area contributed by atoms with Crippen molar-refractivity contribution in [2.45, 2.75) is 32.3 Å². The van der Waals surface area contributed by atoms with Crippen molar-refractivity contribution in [2.75, 3.05) is 26.3 Å². The van der Waals surface area contributed by atoms with Gasteiger partial charge in [-0.2, -0.15) is 0 Å². The van der Waals surface area contributed by atoms with Gasteiger partial charge in [0, 0.05) is 0 Å². The molecule has 1 heterocycles. The lowest BCUT2D eigenvalue weighted by molar-refractivity contribution is 0.0168. The van der Waals surface area contributed by atoms with Crippen molar-refractivity contribution in [1.82, 2.24) is 5.32 Å². The van der Waals surface area contributed by atoms with Crippen LogP contribution in [0.4, 0.5) is 0 Å². The van der Waals surface area contributed by atoms with Gasteiger partial charge in [0.2, 0.25) is 0 Å². The van der Waals surface area contributed by atoms with E-state index in [0.29, 0.717) is 19.3 Å². The fourth-order valence-corrected chi connectivity index (χ4v) is 2.19. The molecule has 0 unspecified atom stereocenters. The van der Waals surface area contributed by atoms with E-state index >= 15 is 0 Å². The molecule has 18 heavy (non-hydrogen) atoms. The lowest BCUT2D eigenvalue weighted by atomic mass is 10.1. The molecule has 3 heteroatoms. The lowest BCUT2D eigenvalue weighted by Crippen LogP contribution is -2.33. The molecule has 1 aromatic carbocycles. The van der Waals surface area contributed by atoms with Crippen molar-refractivity contribution >= 4 is 0 Å². The molecule has 1 saturated heterocycles. The van der Waals surface area contributed by atoms with Crippen molar-refractivity contribution in [2.24, 2.45) is 0 Å². The fourth-order valence-electron chi connectivity index (χ4n) is 2.19. The van der Waals surface area contributed by atoms with Crippen molar-refractivity contribution in [1.29, 1.82) is 0 Å². The van der Waals surface area contributed by atoms with Gasteiger partial charge in [-0.25, -0.2) is 0 Å². The Balaban J connectivity index is 1.65. The number of benzene rings is 1. The van der Waals surface area contributed by atoms with Crippen LogP contribution in [0, 0.1) is 0 Å². The van der Waals surface area contributed by atoms with Gasteiger partial charge in [0.05, 0.1) is 12.7 Å². The van der Waals surface area contributed by atoms with Crippen LogP contribution in [0.25, 0.3) is 0 Å². The zero-order chi connectivity index (χ0) is 12.6. The van der Waals surface area contributed by atoms with Crippen LogP contribution >= 0.6 is 0 Å². The normalized spacial score (nSPS) is 16.7. The molecular formula is C15H23NO2. The Morgan fingerprint density at radius 3 is 2.83 bits per heavy atom. The second-order valence-corrected chi connectivity index (χ2v) is 4.67. The monoisotopic (exact) mass is 249 g/mol. The minimum absolute atomic E-state index is 0.414. The van der Waals surface area contributed by atoms with Gasteiger partial charge in [-0.3, -0.25) is 0 Å². The van der Waals surface area contributed by atoms with E-state index in [2.05, 4.69) is 24.4 Å². The zero-order valence-corrected chi connectivity index (χ0v) is 11.2. The molecule has 1 aliphatic heterocycles. The molecule has 0 amide bonds. The standard InChI is InChI=1S/C15H23NO2/c1-2-13-4-3-5-15(12-13)18-11-10-17-14-6-8-16-9-7-14/h3-5,12,14,16H,2,6-11H2,1H3. The Morgan fingerprint density at radius 2 is 2.06 bits per heavy atom. The van der Waals surface area contributed by atoms with E-state index in [-0.39, 0.29) is 0 Å². The Bertz CT molecular complexity index is 348. The number of piperidine rings is 1. The van der Waals surface area contributed by atoms with Gasteiger partial charge in [0.15, 0.2) is 0 Å². The van der Waals surface area contributed by atoms with Crippen LogP contribution in [-0.4, -0.2) is 32.4 Å². The Morgan fingerprint density at radius 1 is 1.22 bits per heavy atom. The summed E-state index contributed by atoms with van der Waals surface area (Å²) in [5.74, 6) is 0.947. The van der Waals surface area contributed by atoms with Crippen LogP contribution in [0.1, 0.15) is 25.3 Å². The number of nitrogens with one attached hydrogen (secondary N) is 1. The summed E-state index contributed by atoms with van der Waals surface area (Å²) in [4.78, 5) is 0. The third-order valence-corrected chi connectivity index (χ3v) is 3.30. The van der Waals surface area contributed by atoms with E-state index in [1.54, 1.807) is 0 Å². The molecule has 1 aromatic rings. The largest absolute Gasteiger partial charge is 0.491 e. The molecule has 0 radical (unpaired) electrons. The summed E-state index contributed by atoms with van der Waals surface area (Å²) in [5, 5.41) is 3.33. The highest BCUT2D eigenvalue weighted by molar-refractivity contribution is 5.28. The average molecular weight is 249 g/mol. The second kappa shape index (κ2) is 7.39. The molecule has 0 bridgehead atoms. The minimum atomic E-state index is 0.414. The SMILES string of the molecule is CCc1cccc(OCCOC2CCNCC2)c1. The topological polar surface area (TPSA) is 30.5 Å². The second-order valence-electron chi connectivity index (χ2n) is 4.67. The summed E-state index contributed by atoms with van der Waals surface area (Å²) in [6, 6.07) is 8.27. The molecule has 0 spiro atoms. The predicted octanol–water partition coefficient (Wildman–Crippen LogP) is 2.40. The third kappa shape index (κ3) is 4.31. The first-order chi connectivity index (χ1) is 8.88. The van der Waals surface area contributed by atoms with Gasteiger partial charge in [-0.15, -0.1) is 0 Å². The first kappa shape index (κ1) is 13.4. The molecule has 3 nitrogen and oxygen atoms in total. The van der Waals surface area contributed by atoms with Crippen molar-refractivity contribution in [3.05, 3.63) is 29.8 Å². The summed E-state index contributed by atoms with van der Waals surface area (Å²) in [6.45, 7) is 5.62. The number of ether oxygens (including phenoxy) is 2. The first-order valence-electron chi connectivity index (χ1n) is 6.92. The average Bonchev–Trinajstić information content (AvgIpc) is 2.45. The van der Waals surface area contributed by atoms with Crippen LogP contribution in [0.2, 0.25) is 0 Å². The van der Waals surface area contributed by atoms with Crippen molar-refractivity contribution < 1.29 is 9.47 Å². The molecule has 1 N–H and O–H groups in total. The maximum Gasteiger partial charge on any atom is 0.119 e. The molecule has 2 rings (SSSR count). The van der Waals surface area contributed by atoms with E-state index in [4.69, 9.17) is 9.47 Å². The minimum Gasteiger partial charge on any atom is -0.491 e. The molecule has 100 valence electrons. The van der Waals surface area contributed by atoms with E-state index in [9.17, 15) is 0 Å². The number of hydrogen-bond donors (Lipinski definition) is 1. The summed E-state index contributed by atoms with van der Waals surface area (Å²) in [7, 11) is 0. The molecular weight excluding hydrogens is 226 g/mol. The molecule has 1 aliphatic rings. The van der Waals surface area contributed by atoms with Crippen molar-refractivity contribution in [3.8, 4) is 5.75 Å². The van der Waals surface area contributed by atoms with Crippen LogP contribution < -0.4 is 10.1 Å². The maximum absolute atomic E-state index is 5.80. The molecule has 1 fully saturated rings. The van der Waals surface area contributed by atoms with E-state index in [0.717, 1.165) is 38.1 Å². The third-order valence-electron chi connectivity index (χ3n) is 3.30. The summed E-state index contributed by atoms with van der Waals surface area (Å²) >= 11 is 0. The molecule has 0 atom stereocenters. The number of hydrogen-bond acceptors (Lipinski definition) is 3. The number of rotatable bonds is 6. The van der Waals surface area contributed by atoms with Gasteiger partial charge >= 0.3 is 0 Å². The first-order valence-corrected chi connectivity index (χ1v) is 6.92. The maximum atomic E-state index is 5.80. The Kier molecular flexibility index (Phi) is 5.49. The van der Waals surface area contributed by atoms with E-state index in [1.165, 1.54) is 5.56 Å². The van der Waals surface area contributed by atoms with Crippen LogP contribution in [0.5, 0.6) is 5.75 Å². The molecule has 0 aliphatic carbocycles. The molecule has 0 saturated carbocycles. The summed E-state index contributed by atoms with van der Waals surface area (Å²) in [5.41, 5.74) is 1.31. The zero-order valence-electron chi connectivity index (χ0n) is 11.2. The van der Waals surface area contributed by atoms with Crippen LogP contribution in [0.3, 0.4) is 0 Å². The van der Waals surface area contributed by atoms with E-state index in [1.807, 2.05) is 12.1 Å². The Hall–Kier alpha value is -1.06. The fraction of sp³-hybridized carbons (Fsp3) is 0.600. The highest BCUT2D eigenvalue weighted by atomic mass is 16.5. The van der Waals surface area contributed by atoms with Gasteiger partial charge in [0.1, 0.15) is 12.4 Å². The Labute approximate surface area is 109 Å². The highest BCUT2D eigenvalue weighted by Gasteiger charge is 2.12. The van der Waals surface area contributed by atoms with Gasteiger partial charge in [-0.05, 0) is 50.0 Å². The van der Waals surface area contributed by atoms with Gasteiger partial charge < -0.3 is 14.8 Å². The van der Waals surface area contributed by atoms with Gasteiger partial charge in [-0.1, -0.05) is 19.1 Å². The predicted molar refractivity (Wildman–Crippen MR) is 73.2 cm³/mol. The summed E-state index contributed by atoms with van der Waals surface area (Å²) in [6.07, 6.45) is 3.69. The number of aryl methyl sites for hydroxylation is 1. The smallest absolute Gasteiger partial charge is 0.119 e. The van der Waals surface area contributed by atoms with Crippen LogP contribution in [0.15, 0.2) is 24.3 Å². The van der Waals surface area contributed by atoms with Crippen molar-refractivity contribution in [3.63, 3.8) is 0 Å². The quantitative estimate of drug-likeness (QED) is 0.785. The summed E-state index contributed by atoms with van der Waals surface area (Å²) < 4.78 is 11.5. The highest BCUT2D eigenvalue weighted by Crippen LogP contribution is 2.14.